The van der Waals surface area contributed by atoms with Gasteiger partial charge < -0.3 is 36.3 Å². The smallest absolute Gasteiger partial charge is 0.451 e. The summed E-state index contributed by atoms with van der Waals surface area (Å²) in [5.41, 5.74) is 4.04. The molecule has 1 rings (SSSR count). The zero-order valence-corrected chi connectivity index (χ0v) is 20.2. The van der Waals surface area contributed by atoms with E-state index >= 15 is 0 Å². The molecule has 0 saturated heterocycles. The van der Waals surface area contributed by atoms with Crippen LogP contribution in [0, 0.1) is 11.8 Å². The summed E-state index contributed by atoms with van der Waals surface area (Å²) in [6.07, 6.45) is 3.61. The van der Waals surface area contributed by atoms with Gasteiger partial charge in [0.15, 0.2) is 0 Å². The SMILES string of the molecule is CSCC[C@H](NC(=O)OC(C)(C)C)C(=O)NC[C@@H]1CC[C@@H](CCB(O)O)C[C@]1(N)C(=O)O. The van der Waals surface area contributed by atoms with Gasteiger partial charge in [-0.25, -0.2) is 4.79 Å². The zero-order chi connectivity index (χ0) is 24.5. The number of nitrogens with two attached hydrogens (primary N) is 1. The van der Waals surface area contributed by atoms with Crippen LogP contribution in [0.3, 0.4) is 0 Å². The highest BCUT2D eigenvalue weighted by molar-refractivity contribution is 7.98. The molecule has 1 saturated carbocycles. The summed E-state index contributed by atoms with van der Waals surface area (Å²) in [4.78, 5) is 36.9. The Kier molecular flexibility index (Phi) is 11.3. The monoisotopic (exact) mass is 475 g/mol. The maximum atomic E-state index is 12.8. The molecule has 0 aromatic rings. The van der Waals surface area contributed by atoms with Gasteiger partial charge >= 0.3 is 19.2 Å². The molecular formula is C20H38BN3O7S. The van der Waals surface area contributed by atoms with E-state index in [-0.39, 0.29) is 25.2 Å². The summed E-state index contributed by atoms with van der Waals surface area (Å²) in [6, 6.07) is -0.809. The Morgan fingerprint density at radius 1 is 1.28 bits per heavy atom. The second-order valence-electron chi connectivity index (χ2n) is 9.47. The lowest BCUT2D eigenvalue weighted by atomic mass is 9.66. The highest BCUT2D eigenvalue weighted by Gasteiger charge is 2.47. The van der Waals surface area contributed by atoms with Crippen molar-refractivity contribution in [3.8, 4) is 0 Å². The molecule has 0 heterocycles. The molecule has 32 heavy (non-hydrogen) atoms. The first kappa shape index (κ1) is 28.5. The van der Waals surface area contributed by atoms with Gasteiger partial charge in [-0.1, -0.05) is 6.42 Å². The molecule has 0 aromatic heterocycles. The largest absolute Gasteiger partial charge is 0.480 e. The van der Waals surface area contributed by atoms with Crippen LogP contribution in [-0.4, -0.2) is 76.0 Å². The zero-order valence-electron chi connectivity index (χ0n) is 19.4. The fourth-order valence-corrected chi connectivity index (χ4v) is 4.39. The third-order valence-electron chi connectivity index (χ3n) is 5.65. The number of carboxylic acids is 1. The molecule has 184 valence electrons. The molecule has 2 amide bonds. The number of hydrogen-bond donors (Lipinski definition) is 6. The normalized spacial score (nSPS) is 24.3. The van der Waals surface area contributed by atoms with E-state index in [1.54, 1.807) is 20.8 Å². The van der Waals surface area contributed by atoms with Crippen LogP contribution in [0.4, 0.5) is 4.79 Å². The average Bonchev–Trinajstić information content (AvgIpc) is 2.66. The van der Waals surface area contributed by atoms with Crippen molar-refractivity contribution in [3.63, 3.8) is 0 Å². The maximum Gasteiger partial charge on any atom is 0.451 e. The van der Waals surface area contributed by atoms with E-state index in [1.807, 2.05) is 6.26 Å². The van der Waals surface area contributed by atoms with E-state index in [0.717, 1.165) is 0 Å². The number of carbonyl (C=O) groups excluding carboxylic acids is 2. The van der Waals surface area contributed by atoms with E-state index in [4.69, 9.17) is 20.5 Å². The molecule has 0 unspecified atom stereocenters. The van der Waals surface area contributed by atoms with Crippen LogP contribution in [0.2, 0.25) is 6.32 Å². The third-order valence-corrected chi connectivity index (χ3v) is 6.29. The maximum absolute atomic E-state index is 12.8. The van der Waals surface area contributed by atoms with E-state index in [9.17, 15) is 19.5 Å². The number of rotatable bonds is 11. The highest BCUT2D eigenvalue weighted by atomic mass is 32.2. The minimum atomic E-state index is -1.52. The third kappa shape index (κ3) is 9.56. The van der Waals surface area contributed by atoms with Crippen LogP contribution in [0.5, 0.6) is 0 Å². The number of alkyl carbamates (subject to hydrolysis) is 1. The Hall–Kier alpha value is -1.50. The predicted octanol–water partition coefficient (Wildman–Crippen LogP) is 0.810. The molecule has 12 heteroatoms. The number of aliphatic carboxylic acids is 1. The van der Waals surface area contributed by atoms with Crippen molar-refractivity contribution in [2.24, 2.45) is 17.6 Å². The molecule has 7 N–H and O–H groups in total. The average molecular weight is 475 g/mol. The Morgan fingerprint density at radius 3 is 2.47 bits per heavy atom. The molecule has 4 atom stereocenters. The fourth-order valence-electron chi connectivity index (χ4n) is 3.92. The Bertz CT molecular complexity index is 647. The first-order valence-corrected chi connectivity index (χ1v) is 12.3. The van der Waals surface area contributed by atoms with Crippen molar-refractivity contribution in [1.82, 2.24) is 10.6 Å². The van der Waals surface area contributed by atoms with E-state index in [0.29, 0.717) is 31.4 Å². The van der Waals surface area contributed by atoms with E-state index in [2.05, 4.69) is 10.6 Å². The molecule has 1 aliphatic rings. The van der Waals surface area contributed by atoms with Gasteiger partial charge in [0.1, 0.15) is 17.2 Å². The number of hydrogen-bond acceptors (Lipinski definition) is 8. The fraction of sp³-hybridized carbons (Fsp3) is 0.850. The molecule has 0 spiro atoms. The summed E-state index contributed by atoms with van der Waals surface area (Å²) < 4.78 is 5.24. The van der Waals surface area contributed by atoms with Crippen LogP contribution < -0.4 is 16.4 Å². The molecule has 0 aromatic carbocycles. The van der Waals surface area contributed by atoms with Gasteiger partial charge in [0.2, 0.25) is 5.91 Å². The standard InChI is InChI=1S/C20H38BN3O7S/c1-19(2,3)31-18(28)24-15(8-10-32-4)16(25)23-12-14-6-5-13(7-9-21(29)30)11-20(14,22)17(26)27/h13-15,29-30H,5-12,22H2,1-4H3,(H,23,25)(H,24,28)(H,26,27)/t13-,14-,15-,20+/m0/s1. The van der Waals surface area contributed by atoms with Crippen molar-refractivity contribution in [3.05, 3.63) is 0 Å². The van der Waals surface area contributed by atoms with Crippen molar-refractivity contribution in [2.45, 2.75) is 76.4 Å². The van der Waals surface area contributed by atoms with Gasteiger partial charge in [0.25, 0.3) is 0 Å². The highest BCUT2D eigenvalue weighted by Crippen LogP contribution is 2.38. The summed E-state index contributed by atoms with van der Waals surface area (Å²) in [7, 11) is -1.43. The second kappa shape index (κ2) is 12.7. The summed E-state index contributed by atoms with van der Waals surface area (Å²) in [6.45, 7) is 5.26. The summed E-state index contributed by atoms with van der Waals surface area (Å²) in [5.74, 6) is -1.43. The number of thioether (sulfide) groups is 1. The quantitative estimate of drug-likeness (QED) is 0.237. The van der Waals surface area contributed by atoms with E-state index in [1.165, 1.54) is 11.8 Å². The van der Waals surface area contributed by atoms with Gasteiger partial charge in [0, 0.05) is 12.5 Å². The number of amides is 2. The van der Waals surface area contributed by atoms with Crippen molar-refractivity contribution < 1.29 is 34.3 Å². The Morgan fingerprint density at radius 2 is 1.94 bits per heavy atom. The topological polar surface area (TPSA) is 171 Å². The van der Waals surface area contributed by atoms with Crippen molar-refractivity contribution >= 4 is 36.9 Å². The molecule has 10 nitrogen and oxygen atoms in total. The molecule has 0 bridgehead atoms. The lowest BCUT2D eigenvalue weighted by molar-refractivity contribution is -0.148. The van der Waals surface area contributed by atoms with Gasteiger partial charge in [-0.3, -0.25) is 9.59 Å². The Labute approximate surface area is 194 Å². The first-order chi connectivity index (χ1) is 14.8. The lowest BCUT2D eigenvalue weighted by Gasteiger charge is -2.41. The number of carbonyl (C=O) groups is 3. The number of carboxylic acid groups (broad SMARTS) is 1. The minimum Gasteiger partial charge on any atom is -0.480 e. The molecule has 0 aliphatic heterocycles. The number of nitrogens with one attached hydrogen (secondary N) is 2. The predicted molar refractivity (Wildman–Crippen MR) is 124 cm³/mol. The van der Waals surface area contributed by atoms with Gasteiger partial charge in [-0.05, 0) is 70.7 Å². The molecule has 0 radical (unpaired) electrons. The lowest BCUT2D eigenvalue weighted by Crippen LogP contribution is -2.60. The molecule has 1 fully saturated rings. The van der Waals surface area contributed by atoms with Crippen LogP contribution in [-0.2, 0) is 14.3 Å². The molecule has 1 aliphatic carbocycles. The van der Waals surface area contributed by atoms with Crippen molar-refractivity contribution in [2.75, 3.05) is 18.6 Å². The molecular weight excluding hydrogens is 437 g/mol. The summed E-state index contributed by atoms with van der Waals surface area (Å²) >= 11 is 1.54. The Balaban J connectivity index is 2.76. The van der Waals surface area contributed by atoms with Gasteiger partial charge in [-0.2, -0.15) is 11.8 Å². The van der Waals surface area contributed by atoms with Crippen LogP contribution in [0.25, 0.3) is 0 Å². The van der Waals surface area contributed by atoms with Gasteiger partial charge in [0.05, 0.1) is 0 Å². The van der Waals surface area contributed by atoms with E-state index < -0.39 is 48.2 Å². The van der Waals surface area contributed by atoms with Crippen LogP contribution in [0.15, 0.2) is 0 Å². The minimum absolute atomic E-state index is 0.0342. The summed E-state index contributed by atoms with van der Waals surface area (Å²) in [5, 5.41) is 33.3. The second-order valence-corrected chi connectivity index (χ2v) is 10.5. The van der Waals surface area contributed by atoms with Crippen LogP contribution in [0.1, 0.15) is 52.9 Å². The van der Waals surface area contributed by atoms with Gasteiger partial charge in [-0.15, -0.1) is 0 Å². The van der Waals surface area contributed by atoms with Crippen molar-refractivity contribution in [1.29, 1.82) is 0 Å². The first-order valence-electron chi connectivity index (χ1n) is 10.9. The number of ether oxygens (including phenoxy) is 1. The van der Waals surface area contributed by atoms with Crippen LogP contribution >= 0.6 is 11.8 Å².